The molecular weight excluding hydrogens is 236 g/mol. The fourth-order valence-corrected chi connectivity index (χ4v) is 3.61. The van der Waals surface area contributed by atoms with Crippen LogP contribution in [0.15, 0.2) is 0 Å². The Labute approximate surface area is 118 Å². The standard InChI is InChI=1S/C16H30N2O/c1-12(2)16-9-14(6-8-19-16)17-10-13-5-7-18(11-13)15-3-4-15/h12-17H,3-11H2,1-2H3. The molecule has 0 radical (unpaired) electrons. The first-order valence-corrected chi connectivity index (χ1v) is 8.31. The van der Waals surface area contributed by atoms with Crippen molar-refractivity contribution in [2.45, 2.75) is 64.1 Å². The van der Waals surface area contributed by atoms with Crippen molar-refractivity contribution in [1.29, 1.82) is 0 Å². The molecule has 0 aromatic carbocycles. The Bertz CT molecular complexity index is 290. The number of rotatable bonds is 5. The summed E-state index contributed by atoms with van der Waals surface area (Å²) in [7, 11) is 0. The predicted molar refractivity (Wildman–Crippen MR) is 78.3 cm³/mol. The van der Waals surface area contributed by atoms with Crippen molar-refractivity contribution >= 4 is 0 Å². The van der Waals surface area contributed by atoms with E-state index >= 15 is 0 Å². The summed E-state index contributed by atoms with van der Waals surface area (Å²) in [6.45, 7) is 9.40. The highest BCUT2D eigenvalue weighted by atomic mass is 16.5. The van der Waals surface area contributed by atoms with Crippen molar-refractivity contribution in [2.24, 2.45) is 11.8 Å². The van der Waals surface area contributed by atoms with Gasteiger partial charge in [0.1, 0.15) is 0 Å². The molecule has 19 heavy (non-hydrogen) atoms. The van der Waals surface area contributed by atoms with Gasteiger partial charge in [0, 0.05) is 25.2 Å². The normalized spacial score (nSPS) is 37.1. The lowest BCUT2D eigenvalue weighted by molar-refractivity contribution is -0.0247. The van der Waals surface area contributed by atoms with Crippen LogP contribution in [-0.4, -0.2) is 49.3 Å². The van der Waals surface area contributed by atoms with E-state index in [1.165, 1.54) is 51.7 Å². The molecule has 1 aliphatic carbocycles. The smallest absolute Gasteiger partial charge is 0.0612 e. The van der Waals surface area contributed by atoms with Gasteiger partial charge >= 0.3 is 0 Å². The maximum Gasteiger partial charge on any atom is 0.0612 e. The summed E-state index contributed by atoms with van der Waals surface area (Å²) < 4.78 is 5.85. The van der Waals surface area contributed by atoms with Crippen LogP contribution in [0.5, 0.6) is 0 Å². The second-order valence-electron chi connectivity index (χ2n) is 7.16. The van der Waals surface area contributed by atoms with E-state index < -0.39 is 0 Å². The van der Waals surface area contributed by atoms with Crippen molar-refractivity contribution in [3.8, 4) is 0 Å². The lowest BCUT2D eigenvalue weighted by atomic mass is 9.95. The van der Waals surface area contributed by atoms with E-state index in [1.54, 1.807) is 0 Å². The summed E-state index contributed by atoms with van der Waals surface area (Å²) >= 11 is 0. The average molecular weight is 266 g/mol. The van der Waals surface area contributed by atoms with Gasteiger partial charge in [-0.05, 0) is 57.0 Å². The summed E-state index contributed by atoms with van der Waals surface area (Å²) in [4.78, 5) is 2.72. The van der Waals surface area contributed by atoms with E-state index in [-0.39, 0.29) is 0 Å². The summed E-state index contributed by atoms with van der Waals surface area (Å²) in [6, 6.07) is 1.65. The van der Waals surface area contributed by atoms with E-state index in [2.05, 4.69) is 24.1 Å². The van der Waals surface area contributed by atoms with Crippen LogP contribution < -0.4 is 5.32 Å². The number of nitrogens with one attached hydrogen (secondary N) is 1. The van der Waals surface area contributed by atoms with Crippen LogP contribution in [0.2, 0.25) is 0 Å². The molecule has 0 bridgehead atoms. The molecule has 3 fully saturated rings. The minimum atomic E-state index is 0.470. The number of hydrogen-bond donors (Lipinski definition) is 1. The van der Waals surface area contributed by atoms with Gasteiger partial charge in [0.05, 0.1) is 6.10 Å². The Morgan fingerprint density at radius 2 is 2.05 bits per heavy atom. The molecule has 3 heteroatoms. The van der Waals surface area contributed by atoms with Gasteiger partial charge in [0.2, 0.25) is 0 Å². The van der Waals surface area contributed by atoms with Gasteiger partial charge in [-0.25, -0.2) is 0 Å². The fraction of sp³-hybridized carbons (Fsp3) is 1.00. The zero-order valence-electron chi connectivity index (χ0n) is 12.6. The summed E-state index contributed by atoms with van der Waals surface area (Å²) in [5.74, 6) is 1.54. The summed E-state index contributed by atoms with van der Waals surface area (Å²) in [5.41, 5.74) is 0. The SMILES string of the molecule is CC(C)C1CC(NCC2CCN(C3CC3)C2)CCO1. The maximum atomic E-state index is 5.85. The van der Waals surface area contributed by atoms with Gasteiger partial charge in [0.15, 0.2) is 0 Å². The molecule has 110 valence electrons. The predicted octanol–water partition coefficient (Wildman–Crippen LogP) is 2.26. The van der Waals surface area contributed by atoms with Gasteiger partial charge in [-0.1, -0.05) is 13.8 Å². The average Bonchev–Trinajstić information content (AvgIpc) is 3.16. The topological polar surface area (TPSA) is 24.5 Å². The highest BCUT2D eigenvalue weighted by Gasteiger charge is 2.34. The van der Waals surface area contributed by atoms with Crippen LogP contribution in [0, 0.1) is 11.8 Å². The Kier molecular flexibility index (Phi) is 4.45. The van der Waals surface area contributed by atoms with Gasteiger partial charge in [-0.2, -0.15) is 0 Å². The first kappa shape index (κ1) is 13.8. The van der Waals surface area contributed by atoms with Crippen LogP contribution in [0.25, 0.3) is 0 Å². The van der Waals surface area contributed by atoms with Crippen LogP contribution in [0.4, 0.5) is 0 Å². The second-order valence-corrected chi connectivity index (χ2v) is 7.16. The third-order valence-electron chi connectivity index (χ3n) is 5.13. The van der Waals surface area contributed by atoms with E-state index in [0.717, 1.165) is 18.6 Å². The number of nitrogens with zero attached hydrogens (tertiary/aromatic N) is 1. The Morgan fingerprint density at radius 3 is 2.79 bits per heavy atom. The van der Waals surface area contributed by atoms with Gasteiger partial charge in [-0.3, -0.25) is 0 Å². The first-order chi connectivity index (χ1) is 9.22. The third-order valence-corrected chi connectivity index (χ3v) is 5.13. The second kappa shape index (κ2) is 6.11. The number of ether oxygens (including phenoxy) is 1. The van der Waals surface area contributed by atoms with Crippen molar-refractivity contribution in [3.05, 3.63) is 0 Å². The quantitative estimate of drug-likeness (QED) is 0.826. The Balaban J connectivity index is 1.37. The Morgan fingerprint density at radius 1 is 1.21 bits per heavy atom. The third kappa shape index (κ3) is 3.71. The lowest BCUT2D eigenvalue weighted by Crippen LogP contribution is -2.42. The molecule has 2 aliphatic heterocycles. The molecule has 0 aromatic rings. The van der Waals surface area contributed by atoms with E-state index in [9.17, 15) is 0 Å². The Hall–Kier alpha value is -0.120. The summed E-state index contributed by atoms with van der Waals surface area (Å²) in [6.07, 6.45) is 7.18. The van der Waals surface area contributed by atoms with Gasteiger partial charge in [-0.15, -0.1) is 0 Å². The zero-order valence-corrected chi connectivity index (χ0v) is 12.6. The highest BCUT2D eigenvalue weighted by Crippen LogP contribution is 2.31. The van der Waals surface area contributed by atoms with Gasteiger partial charge < -0.3 is 15.0 Å². The minimum absolute atomic E-state index is 0.470. The number of hydrogen-bond acceptors (Lipinski definition) is 3. The number of likely N-dealkylation sites (tertiary alicyclic amines) is 1. The molecule has 3 unspecified atom stereocenters. The molecule has 0 amide bonds. The molecule has 3 rings (SSSR count). The lowest BCUT2D eigenvalue weighted by Gasteiger charge is -2.33. The molecule has 2 saturated heterocycles. The molecule has 1 saturated carbocycles. The molecule has 2 heterocycles. The summed E-state index contributed by atoms with van der Waals surface area (Å²) in [5, 5.41) is 3.82. The maximum absolute atomic E-state index is 5.85. The fourth-order valence-electron chi connectivity index (χ4n) is 3.61. The van der Waals surface area contributed by atoms with Crippen LogP contribution in [0.3, 0.4) is 0 Å². The molecule has 0 spiro atoms. The van der Waals surface area contributed by atoms with E-state index in [0.29, 0.717) is 18.1 Å². The van der Waals surface area contributed by atoms with E-state index in [1.807, 2.05) is 0 Å². The van der Waals surface area contributed by atoms with Gasteiger partial charge in [0.25, 0.3) is 0 Å². The largest absolute Gasteiger partial charge is 0.378 e. The minimum Gasteiger partial charge on any atom is -0.378 e. The first-order valence-electron chi connectivity index (χ1n) is 8.31. The van der Waals surface area contributed by atoms with Crippen molar-refractivity contribution < 1.29 is 4.74 Å². The monoisotopic (exact) mass is 266 g/mol. The highest BCUT2D eigenvalue weighted by molar-refractivity contribution is 4.90. The van der Waals surface area contributed by atoms with Crippen molar-refractivity contribution in [3.63, 3.8) is 0 Å². The van der Waals surface area contributed by atoms with Crippen LogP contribution in [0.1, 0.15) is 46.0 Å². The molecule has 0 aromatic heterocycles. The molecule has 1 N–H and O–H groups in total. The zero-order chi connectivity index (χ0) is 13.2. The molecule has 3 nitrogen and oxygen atoms in total. The van der Waals surface area contributed by atoms with Crippen LogP contribution in [-0.2, 0) is 4.74 Å². The molecular formula is C16H30N2O. The van der Waals surface area contributed by atoms with Crippen molar-refractivity contribution in [1.82, 2.24) is 10.2 Å². The molecule has 3 aliphatic rings. The van der Waals surface area contributed by atoms with Crippen LogP contribution >= 0.6 is 0 Å². The van der Waals surface area contributed by atoms with E-state index in [4.69, 9.17) is 4.74 Å². The molecule has 3 atom stereocenters. The van der Waals surface area contributed by atoms with Crippen molar-refractivity contribution in [2.75, 3.05) is 26.2 Å².